The van der Waals surface area contributed by atoms with E-state index in [2.05, 4.69) is 19.3 Å². The molecule has 1 aliphatic rings. The third-order valence-corrected chi connectivity index (χ3v) is 2.29. The van der Waals surface area contributed by atoms with Crippen LogP contribution in [-0.2, 0) is 0 Å². The lowest BCUT2D eigenvalue weighted by atomic mass is 10.3. The highest BCUT2D eigenvalue weighted by Crippen LogP contribution is 2.20. The first kappa shape index (κ1) is 9.70. The lowest BCUT2D eigenvalue weighted by Gasteiger charge is -2.35. The van der Waals surface area contributed by atoms with E-state index in [1.807, 2.05) is 36.2 Å². The number of rotatable bonds is 1. The van der Waals surface area contributed by atoms with Crippen LogP contribution in [0.15, 0.2) is 0 Å². The summed E-state index contributed by atoms with van der Waals surface area (Å²) in [6, 6.07) is 0. The SMILES string of the molecule is CN1NC(C)(C)N(N(C)C)C1=S. The molecule has 1 rings (SSSR count). The maximum absolute atomic E-state index is 5.24. The van der Waals surface area contributed by atoms with E-state index in [1.54, 1.807) is 0 Å². The molecule has 1 saturated heterocycles. The molecule has 0 radical (unpaired) electrons. The van der Waals surface area contributed by atoms with Crippen LogP contribution in [0.2, 0.25) is 0 Å². The van der Waals surface area contributed by atoms with Gasteiger partial charge in [-0.25, -0.2) is 10.4 Å². The summed E-state index contributed by atoms with van der Waals surface area (Å²) in [5.41, 5.74) is 3.12. The van der Waals surface area contributed by atoms with Crippen LogP contribution < -0.4 is 5.43 Å². The highest BCUT2D eigenvalue weighted by atomic mass is 32.1. The van der Waals surface area contributed by atoms with E-state index in [4.69, 9.17) is 12.2 Å². The maximum Gasteiger partial charge on any atom is 0.202 e. The van der Waals surface area contributed by atoms with Gasteiger partial charge in [-0.2, -0.15) is 0 Å². The first-order chi connectivity index (χ1) is 5.36. The summed E-state index contributed by atoms with van der Waals surface area (Å²) >= 11 is 5.24. The first-order valence-electron chi connectivity index (χ1n) is 3.89. The molecule has 0 atom stereocenters. The van der Waals surface area contributed by atoms with Crippen molar-refractivity contribution in [2.75, 3.05) is 21.1 Å². The largest absolute Gasteiger partial charge is 0.284 e. The predicted molar refractivity (Wildman–Crippen MR) is 53.1 cm³/mol. The molecule has 0 aliphatic carbocycles. The van der Waals surface area contributed by atoms with Crippen molar-refractivity contribution in [3.05, 3.63) is 0 Å². The van der Waals surface area contributed by atoms with Gasteiger partial charge >= 0.3 is 0 Å². The summed E-state index contributed by atoms with van der Waals surface area (Å²) in [6.45, 7) is 4.17. The third-order valence-electron chi connectivity index (χ3n) is 1.84. The van der Waals surface area contributed by atoms with Gasteiger partial charge in [0.1, 0.15) is 5.66 Å². The van der Waals surface area contributed by atoms with Crippen LogP contribution in [0.1, 0.15) is 13.8 Å². The van der Waals surface area contributed by atoms with E-state index < -0.39 is 0 Å². The normalized spacial score (nSPS) is 22.7. The zero-order valence-electron chi connectivity index (χ0n) is 8.25. The second-order valence-corrected chi connectivity index (χ2v) is 4.04. The number of nitrogens with zero attached hydrogens (tertiary/aromatic N) is 3. The van der Waals surface area contributed by atoms with Crippen molar-refractivity contribution in [3.63, 3.8) is 0 Å². The van der Waals surface area contributed by atoms with Gasteiger partial charge in [0.25, 0.3) is 0 Å². The Morgan fingerprint density at radius 1 is 1.42 bits per heavy atom. The Labute approximate surface area is 79.1 Å². The fourth-order valence-electron chi connectivity index (χ4n) is 1.56. The number of nitrogens with one attached hydrogen (secondary N) is 1. The molecular weight excluding hydrogens is 172 g/mol. The van der Waals surface area contributed by atoms with Crippen molar-refractivity contribution in [1.29, 1.82) is 0 Å². The molecule has 1 fully saturated rings. The fraction of sp³-hybridized carbons (Fsp3) is 0.857. The summed E-state index contributed by atoms with van der Waals surface area (Å²) in [5.74, 6) is 0. The summed E-state index contributed by atoms with van der Waals surface area (Å²) in [5, 5.41) is 6.67. The van der Waals surface area contributed by atoms with Gasteiger partial charge in [0.15, 0.2) is 0 Å². The van der Waals surface area contributed by atoms with Gasteiger partial charge in [0.05, 0.1) is 0 Å². The van der Waals surface area contributed by atoms with E-state index in [-0.39, 0.29) is 5.66 Å². The minimum absolute atomic E-state index is 0.130. The molecule has 0 unspecified atom stereocenters. The zero-order valence-corrected chi connectivity index (χ0v) is 9.07. The Morgan fingerprint density at radius 2 is 1.92 bits per heavy atom. The standard InChI is InChI=1S/C7H16N4S/c1-7(2)8-10(5)6(12)11(7)9(3)4/h8H,1-5H3. The molecule has 4 nitrogen and oxygen atoms in total. The molecule has 0 aromatic carbocycles. The Kier molecular flexibility index (Phi) is 2.29. The third kappa shape index (κ3) is 1.39. The molecule has 1 heterocycles. The van der Waals surface area contributed by atoms with Crippen LogP contribution >= 0.6 is 12.2 Å². The lowest BCUT2D eigenvalue weighted by Crippen LogP contribution is -2.52. The Morgan fingerprint density at radius 3 is 2.08 bits per heavy atom. The smallest absolute Gasteiger partial charge is 0.202 e. The van der Waals surface area contributed by atoms with Crippen molar-refractivity contribution >= 4 is 17.3 Å². The topological polar surface area (TPSA) is 21.8 Å². The van der Waals surface area contributed by atoms with Crippen molar-refractivity contribution in [3.8, 4) is 0 Å². The second-order valence-electron chi connectivity index (χ2n) is 3.67. The number of thiocarbonyl (C=S) groups is 1. The molecule has 0 saturated carbocycles. The van der Waals surface area contributed by atoms with Crippen molar-refractivity contribution < 1.29 is 0 Å². The van der Waals surface area contributed by atoms with Crippen LogP contribution in [0.3, 0.4) is 0 Å². The minimum atomic E-state index is -0.130. The molecule has 70 valence electrons. The Balaban J connectivity index is 2.89. The zero-order chi connectivity index (χ0) is 9.52. The Bertz CT molecular complexity index is 202. The highest BCUT2D eigenvalue weighted by molar-refractivity contribution is 7.80. The maximum atomic E-state index is 5.24. The molecule has 12 heavy (non-hydrogen) atoms. The molecule has 0 spiro atoms. The summed E-state index contributed by atoms with van der Waals surface area (Å²) in [6.07, 6.45) is 0. The van der Waals surface area contributed by atoms with Gasteiger partial charge in [-0.3, -0.25) is 10.0 Å². The van der Waals surface area contributed by atoms with Crippen LogP contribution in [0, 0.1) is 0 Å². The summed E-state index contributed by atoms with van der Waals surface area (Å²) in [4.78, 5) is 0. The molecule has 0 bridgehead atoms. The molecule has 5 heteroatoms. The fourth-order valence-corrected chi connectivity index (χ4v) is 2.00. The van der Waals surface area contributed by atoms with Gasteiger partial charge in [-0.1, -0.05) is 0 Å². The predicted octanol–water partition coefficient (Wildman–Crippen LogP) is 0.236. The second kappa shape index (κ2) is 2.83. The Hall–Kier alpha value is -0.390. The first-order valence-corrected chi connectivity index (χ1v) is 4.30. The van der Waals surface area contributed by atoms with E-state index >= 15 is 0 Å². The monoisotopic (exact) mass is 188 g/mol. The molecule has 1 N–H and O–H groups in total. The molecule has 1 aliphatic heterocycles. The summed E-state index contributed by atoms with van der Waals surface area (Å²) < 4.78 is 0. The van der Waals surface area contributed by atoms with Crippen molar-refractivity contribution in [1.82, 2.24) is 20.5 Å². The molecule has 0 aromatic rings. The van der Waals surface area contributed by atoms with E-state index in [1.165, 1.54) is 0 Å². The van der Waals surface area contributed by atoms with Crippen LogP contribution in [0.25, 0.3) is 0 Å². The number of hydrogen-bond donors (Lipinski definition) is 1. The van der Waals surface area contributed by atoms with Gasteiger partial charge in [-0.15, -0.1) is 0 Å². The molecular formula is C7H16N4S. The van der Waals surface area contributed by atoms with Gasteiger partial charge < -0.3 is 0 Å². The number of hydrogen-bond acceptors (Lipinski definition) is 3. The number of hydrazine groups is 2. The molecule has 0 amide bonds. The lowest BCUT2D eigenvalue weighted by molar-refractivity contribution is 0.0147. The average Bonchev–Trinajstić information content (AvgIpc) is 2.01. The van der Waals surface area contributed by atoms with Gasteiger partial charge in [-0.05, 0) is 26.1 Å². The van der Waals surface area contributed by atoms with Crippen molar-refractivity contribution in [2.24, 2.45) is 0 Å². The van der Waals surface area contributed by atoms with E-state index in [0.717, 1.165) is 5.11 Å². The van der Waals surface area contributed by atoms with Crippen molar-refractivity contribution in [2.45, 2.75) is 19.5 Å². The highest BCUT2D eigenvalue weighted by Gasteiger charge is 2.39. The quantitative estimate of drug-likeness (QED) is 0.593. The van der Waals surface area contributed by atoms with Crippen LogP contribution in [-0.4, -0.2) is 46.9 Å². The van der Waals surface area contributed by atoms with Gasteiger partial charge in [0, 0.05) is 21.1 Å². The van der Waals surface area contributed by atoms with Crippen LogP contribution in [0.5, 0.6) is 0 Å². The minimum Gasteiger partial charge on any atom is -0.284 e. The summed E-state index contributed by atoms with van der Waals surface area (Å²) in [7, 11) is 5.89. The molecule has 0 aromatic heterocycles. The van der Waals surface area contributed by atoms with Gasteiger partial charge in [0.2, 0.25) is 5.11 Å². The van der Waals surface area contributed by atoms with E-state index in [0.29, 0.717) is 0 Å². The van der Waals surface area contributed by atoms with Crippen LogP contribution in [0.4, 0.5) is 0 Å². The van der Waals surface area contributed by atoms with E-state index in [9.17, 15) is 0 Å². The average molecular weight is 188 g/mol.